The molecular weight excluding hydrogens is 316 g/mol. The number of amides is 2. The van der Waals surface area contributed by atoms with E-state index in [9.17, 15) is 14.7 Å². The largest absolute Gasteiger partial charge is 0.396 e. The van der Waals surface area contributed by atoms with Crippen LogP contribution in [0.4, 0.5) is 5.69 Å². The number of carbonyl (C=O) groups is 2. The molecule has 2 aliphatic rings. The third-order valence-electron chi connectivity index (χ3n) is 4.74. The molecular formula is C17H21ClN2O3. The van der Waals surface area contributed by atoms with Crippen LogP contribution in [-0.4, -0.2) is 47.1 Å². The van der Waals surface area contributed by atoms with Crippen LogP contribution < -0.4 is 4.90 Å². The lowest BCUT2D eigenvalue weighted by molar-refractivity contribution is -0.123. The highest BCUT2D eigenvalue weighted by molar-refractivity contribution is 6.30. The molecule has 0 aliphatic carbocycles. The highest BCUT2D eigenvalue weighted by Gasteiger charge is 2.44. The molecule has 3 rings (SSSR count). The summed E-state index contributed by atoms with van der Waals surface area (Å²) in [7, 11) is 0. The first kappa shape index (κ1) is 16.4. The van der Waals surface area contributed by atoms with E-state index in [1.54, 1.807) is 24.3 Å². The summed E-state index contributed by atoms with van der Waals surface area (Å²) in [5.41, 5.74) is 0.572. The second-order valence-corrected chi connectivity index (χ2v) is 6.60. The molecule has 0 spiro atoms. The Morgan fingerprint density at radius 1 is 1.17 bits per heavy atom. The predicted octanol–water partition coefficient (Wildman–Crippen LogP) is 2.21. The number of anilines is 1. The molecule has 0 saturated carbocycles. The SMILES string of the molecule is O=C1C[C@H](N2CCCC[C@@H]2CCO)C(=O)N1c1ccc(Cl)cc1. The molecule has 1 N–H and O–H groups in total. The number of benzene rings is 1. The number of carbonyl (C=O) groups excluding carboxylic acids is 2. The van der Waals surface area contributed by atoms with Crippen molar-refractivity contribution < 1.29 is 14.7 Å². The van der Waals surface area contributed by atoms with Crippen molar-refractivity contribution in [3.63, 3.8) is 0 Å². The van der Waals surface area contributed by atoms with Gasteiger partial charge in [-0.3, -0.25) is 14.5 Å². The van der Waals surface area contributed by atoms with Crippen molar-refractivity contribution in [3.8, 4) is 0 Å². The van der Waals surface area contributed by atoms with Crippen LogP contribution in [0.15, 0.2) is 24.3 Å². The molecule has 1 aromatic carbocycles. The van der Waals surface area contributed by atoms with E-state index in [0.29, 0.717) is 17.1 Å². The van der Waals surface area contributed by atoms with E-state index >= 15 is 0 Å². The quantitative estimate of drug-likeness (QED) is 0.856. The van der Waals surface area contributed by atoms with Gasteiger partial charge in [0.15, 0.2) is 0 Å². The van der Waals surface area contributed by atoms with E-state index < -0.39 is 6.04 Å². The number of nitrogens with zero attached hydrogens (tertiary/aromatic N) is 2. The van der Waals surface area contributed by atoms with Gasteiger partial charge in [-0.2, -0.15) is 0 Å². The number of aliphatic hydroxyl groups excluding tert-OH is 1. The molecule has 0 radical (unpaired) electrons. The molecule has 6 heteroatoms. The number of aliphatic hydroxyl groups is 1. The van der Waals surface area contributed by atoms with Gasteiger partial charge >= 0.3 is 0 Å². The number of likely N-dealkylation sites (tertiary alicyclic amines) is 1. The number of hydrogen-bond acceptors (Lipinski definition) is 4. The van der Waals surface area contributed by atoms with Crippen LogP contribution in [0, 0.1) is 0 Å². The highest BCUT2D eigenvalue weighted by Crippen LogP contribution is 2.31. The van der Waals surface area contributed by atoms with Crippen molar-refractivity contribution in [2.45, 2.75) is 44.2 Å². The number of halogens is 1. The van der Waals surface area contributed by atoms with Gasteiger partial charge in [-0.15, -0.1) is 0 Å². The molecule has 0 aromatic heterocycles. The summed E-state index contributed by atoms with van der Waals surface area (Å²) in [5, 5.41) is 9.82. The summed E-state index contributed by atoms with van der Waals surface area (Å²) in [6.45, 7) is 0.916. The van der Waals surface area contributed by atoms with Crippen molar-refractivity contribution in [2.75, 3.05) is 18.1 Å². The Bertz CT molecular complexity index is 588. The first-order valence-corrected chi connectivity index (χ1v) is 8.48. The maximum absolute atomic E-state index is 12.8. The summed E-state index contributed by atoms with van der Waals surface area (Å²) < 4.78 is 0. The number of imide groups is 1. The maximum Gasteiger partial charge on any atom is 0.251 e. The summed E-state index contributed by atoms with van der Waals surface area (Å²) >= 11 is 5.88. The van der Waals surface area contributed by atoms with E-state index in [-0.39, 0.29) is 30.9 Å². The molecule has 2 heterocycles. The van der Waals surface area contributed by atoms with Crippen molar-refractivity contribution in [1.82, 2.24) is 4.90 Å². The van der Waals surface area contributed by atoms with Gasteiger partial charge in [0.1, 0.15) is 0 Å². The van der Waals surface area contributed by atoms with Gasteiger partial charge in [0.25, 0.3) is 5.91 Å². The summed E-state index contributed by atoms with van der Waals surface area (Å²) in [6.07, 6.45) is 3.97. The van der Waals surface area contributed by atoms with Crippen LogP contribution in [0.3, 0.4) is 0 Å². The fraction of sp³-hybridized carbons (Fsp3) is 0.529. The van der Waals surface area contributed by atoms with Crippen molar-refractivity contribution in [1.29, 1.82) is 0 Å². The first-order chi connectivity index (χ1) is 11.1. The molecule has 23 heavy (non-hydrogen) atoms. The molecule has 124 valence electrons. The minimum Gasteiger partial charge on any atom is -0.396 e. The van der Waals surface area contributed by atoms with Gasteiger partial charge in [0.05, 0.1) is 18.2 Å². The van der Waals surface area contributed by atoms with E-state index in [2.05, 4.69) is 4.90 Å². The van der Waals surface area contributed by atoms with Crippen LogP contribution in [0.25, 0.3) is 0 Å². The van der Waals surface area contributed by atoms with Gasteiger partial charge in [-0.1, -0.05) is 18.0 Å². The average Bonchev–Trinajstić information content (AvgIpc) is 2.84. The Labute approximate surface area is 140 Å². The van der Waals surface area contributed by atoms with Crippen LogP contribution in [0.2, 0.25) is 5.02 Å². The first-order valence-electron chi connectivity index (χ1n) is 8.11. The van der Waals surface area contributed by atoms with Gasteiger partial charge in [0.2, 0.25) is 5.91 Å². The second-order valence-electron chi connectivity index (χ2n) is 6.16. The summed E-state index contributed by atoms with van der Waals surface area (Å²) in [5.74, 6) is -0.335. The predicted molar refractivity (Wildman–Crippen MR) is 88.4 cm³/mol. The molecule has 2 amide bonds. The topological polar surface area (TPSA) is 60.9 Å². The minimum absolute atomic E-state index is 0.108. The lowest BCUT2D eigenvalue weighted by Gasteiger charge is -2.38. The van der Waals surface area contributed by atoms with E-state index in [4.69, 9.17) is 11.6 Å². The summed E-state index contributed by atoms with van der Waals surface area (Å²) in [4.78, 5) is 28.6. The molecule has 0 bridgehead atoms. The number of hydrogen-bond donors (Lipinski definition) is 1. The van der Waals surface area contributed by atoms with Crippen LogP contribution in [0.5, 0.6) is 0 Å². The average molecular weight is 337 g/mol. The van der Waals surface area contributed by atoms with Crippen LogP contribution in [-0.2, 0) is 9.59 Å². The zero-order chi connectivity index (χ0) is 16.4. The van der Waals surface area contributed by atoms with Crippen molar-refractivity contribution in [2.24, 2.45) is 0 Å². The Morgan fingerprint density at radius 2 is 1.91 bits per heavy atom. The Morgan fingerprint density at radius 3 is 2.61 bits per heavy atom. The number of piperidine rings is 1. The molecule has 2 aliphatic heterocycles. The standard InChI is InChI=1S/C17H21ClN2O3/c18-12-4-6-14(7-5-12)20-16(22)11-15(17(20)23)19-9-2-1-3-13(19)8-10-21/h4-7,13,15,21H,1-3,8-11H2/t13-,15+/m1/s1. The van der Waals surface area contributed by atoms with Crippen molar-refractivity contribution in [3.05, 3.63) is 29.3 Å². The molecule has 1 aromatic rings. The minimum atomic E-state index is -0.407. The third-order valence-corrected chi connectivity index (χ3v) is 4.99. The Hall–Kier alpha value is -1.43. The fourth-order valence-electron chi connectivity index (χ4n) is 3.63. The van der Waals surface area contributed by atoms with E-state index in [1.165, 1.54) is 4.90 Å². The zero-order valence-corrected chi connectivity index (χ0v) is 13.7. The second kappa shape index (κ2) is 6.99. The third kappa shape index (κ3) is 3.27. The van der Waals surface area contributed by atoms with Gasteiger partial charge in [0, 0.05) is 17.7 Å². The maximum atomic E-state index is 12.8. The smallest absolute Gasteiger partial charge is 0.251 e. The van der Waals surface area contributed by atoms with Gasteiger partial charge < -0.3 is 5.11 Å². The molecule has 5 nitrogen and oxygen atoms in total. The monoisotopic (exact) mass is 336 g/mol. The zero-order valence-electron chi connectivity index (χ0n) is 12.9. The molecule has 2 saturated heterocycles. The van der Waals surface area contributed by atoms with Crippen LogP contribution >= 0.6 is 11.6 Å². The number of rotatable bonds is 4. The van der Waals surface area contributed by atoms with Gasteiger partial charge in [-0.25, -0.2) is 4.90 Å². The normalized spacial score (nSPS) is 26.1. The highest BCUT2D eigenvalue weighted by atomic mass is 35.5. The lowest BCUT2D eigenvalue weighted by Crippen LogP contribution is -2.50. The van der Waals surface area contributed by atoms with Crippen molar-refractivity contribution >= 4 is 29.1 Å². The lowest BCUT2D eigenvalue weighted by atomic mass is 9.97. The Balaban J connectivity index is 1.81. The van der Waals surface area contributed by atoms with E-state index in [1.807, 2.05) is 0 Å². The molecule has 2 atom stereocenters. The Kier molecular flexibility index (Phi) is 4.99. The van der Waals surface area contributed by atoms with Gasteiger partial charge in [-0.05, 0) is 50.1 Å². The summed E-state index contributed by atoms with van der Waals surface area (Å²) in [6, 6.07) is 6.53. The fourth-order valence-corrected chi connectivity index (χ4v) is 3.75. The van der Waals surface area contributed by atoms with Crippen LogP contribution in [0.1, 0.15) is 32.1 Å². The molecule has 0 unspecified atom stereocenters. The molecule has 2 fully saturated rings. The van der Waals surface area contributed by atoms with E-state index in [0.717, 1.165) is 25.8 Å².